The van der Waals surface area contributed by atoms with Crippen LogP contribution in [0.3, 0.4) is 0 Å². The zero-order chi connectivity index (χ0) is 13.0. The largest absolute Gasteiger partial charge is 0.493 e. The summed E-state index contributed by atoms with van der Waals surface area (Å²) in [6.07, 6.45) is 4.15. The molecule has 0 radical (unpaired) electrons. The van der Waals surface area contributed by atoms with E-state index >= 15 is 0 Å². The van der Waals surface area contributed by atoms with Gasteiger partial charge in [0.25, 0.3) is 0 Å². The monoisotopic (exact) mass is 300 g/mol. The van der Waals surface area contributed by atoms with Crippen molar-refractivity contribution in [1.82, 2.24) is 0 Å². The van der Waals surface area contributed by atoms with Crippen molar-refractivity contribution >= 4 is 15.9 Å². The van der Waals surface area contributed by atoms with Gasteiger partial charge in [-0.15, -0.1) is 6.42 Å². The number of rotatable bonds is 4. The molecule has 0 amide bonds. The summed E-state index contributed by atoms with van der Waals surface area (Å²) in [6, 6.07) is 1.61. The van der Waals surface area contributed by atoms with Gasteiger partial charge in [-0.25, -0.2) is 0 Å². The van der Waals surface area contributed by atoms with Gasteiger partial charge in [-0.1, -0.05) is 5.92 Å². The highest BCUT2D eigenvalue weighted by molar-refractivity contribution is 9.10. The topological polar surface area (TPSA) is 47.9 Å². The van der Waals surface area contributed by atoms with Crippen molar-refractivity contribution in [2.24, 2.45) is 0 Å². The van der Waals surface area contributed by atoms with Gasteiger partial charge in [0.2, 0.25) is 5.75 Å². The first-order valence-corrected chi connectivity index (χ1v) is 5.52. The van der Waals surface area contributed by atoms with E-state index in [4.69, 9.17) is 20.6 Å². The van der Waals surface area contributed by atoms with Crippen LogP contribution in [-0.2, 0) is 0 Å². The predicted molar refractivity (Wildman–Crippen MR) is 67.6 cm³/mol. The standard InChI is InChI=1S/C12H13BrO4/c1-5-8(14)7-6-9(15-2)11(16-3)12(17-4)10(7)13/h1,6,8,14H,2-4H3. The molecule has 1 unspecified atom stereocenters. The van der Waals surface area contributed by atoms with E-state index in [1.54, 1.807) is 6.07 Å². The molecule has 1 aromatic carbocycles. The second-order valence-corrected chi connectivity index (χ2v) is 3.91. The molecule has 0 spiro atoms. The molecule has 92 valence electrons. The Bertz CT molecular complexity index is 451. The van der Waals surface area contributed by atoms with Crippen LogP contribution in [0.2, 0.25) is 0 Å². The molecule has 0 aliphatic carbocycles. The SMILES string of the molecule is C#CC(O)c1cc(OC)c(OC)c(OC)c1Br. The van der Waals surface area contributed by atoms with Crippen molar-refractivity contribution < 1.29 is 19.3 Å². The van der Waals surface area contributed by atoms with E-state index in [0.29, 0.717) is 27.3 Å². The minimum Gasteiger partial charge on any atom is -0.493 e. The number of hydrogen-bond acceptors (Lipinski definition) is 4. The molecule has 0 heterocycles. The molecule has 1 N–H and O–H groups in total. The summed E-state index contributed by atoms with van der Waals surface area (Å²) < 4.78 is 16.1. The Balaban J connectivity index is 3.52. The van der Waals surface area contributed by atoms with E-state index in [-0.39, 0.29) is 0 Å². The molecule has 0 fully saturated rings. The number of halogens is 1. The fourth-order valence-corrected chi connectivity index (χ4v) is 2.10. The average Bonchev–Trinajstić information content (AvgIpc) is 2.36. The number of hydrogen-bond donors (Lipinski definition) is 1. The van der Waals surface area contributed by atoms with Gasteiger partial charge in [-0.2, -0.15) is 0 Å². The third kappa shape index (κ3) is 2.48. The molecule has 1 atom stereocenters. The van der Waals surface area contributed by atoms with Crippen LogP contribution in [0.1, 0.15) is 11.7 Å². The first kappa shape index (κ1) is 13.7. The first-order valence-electron chi connectivity index (χ1n) is 4.73. The van der Waals surface area contributed by atoms with Crippen LogP contribution in [0.5, 0.6) is 17.2 Å². The van der Waals surface area contributed by atoms with Crippen LogP contribution in [0.15, 0.2) is 10.5 Å². The summed E-state index contributed by atoms with van der Waals surface area (Å²) in [4.78, 5) is 0. The van der Waals surface area contributed by atoms with E-state index in [9.17, 15) is 5.11 Å². The lowest BCUT2D eigenvalue weighted by atomic mass is 10.1. The summed E-state index contributed by atoms with van der Waals surface area (Å²) >= 11 is 3.32. The summed E-state index contributed by atoms with van der Waals surface area (Å²) in [6.45, 7) is 0. The Morgan fingerprint density at radius 1 is 1.24 bits per heavy atom. The van der Waals surface area contributed by atoms with Gasteiger partial charge in [-0.3, -0.25) is 0 Å². The van der Waals surface area contributed by atoms with Gasteiger partial charge in [0, 0.05) is 5.56 Å². The van der Waals surface area contributed by atoms with Crippen molar-refractivity contribution in [3.05, 3.63) is 16.1 Å². The minimum absolute atomic E-state index is 0.427. The van der Waals surface area contributed by atoms with Crippen molar-refractivity contribution in [3.63, 3.8) is 0 Å². The van der Waals surface area contributed by atoms with Crippen LogP contribution in [-0.4, -0.2) is 26.4 Å². The molecule has 0 saturated carbocycles. The molecule has 0 aliphatic rings. The Labute approximate surface area is 109 Å². The van der Waals surface area contributed by atoms with E-state index < -0.39 is 6.10 Å². The number of methoxy groups -OCH3 is 3. The average molecular weight is 301 g/mol. The van der Waals surface area contributed by atoms with Gasteiger partial charge in [0.05, 0.1) is 25.8 Å². The van der Waals surface area contributed by atoms with Gasteiger partial charge >= 0.3 is 0 Å². The second kappa shape index (κ2) is 5.80. The predicted octanol–water partition coefficient (Wildman–Crippen LogP) is 2.14. The van der Waals surface area contributed by atoms with E-state index in [0.717, 1.165) is 0 Å². The lowest BCUT2D eigenvalue weighted by Gasteiger charge is -2.17. The second-order valence-electron chi connectivity index (χ2n) is 3.12. The maximum Gasteiger partial charge on any atom is 0.204 e. The number of ether oxygens (including phenoxy) is 3. The number of terminal acetylenes is 1. The molecular formula is C12H13BrO4. The number of aliphatic hydroxyl groups is 1. The van der Waals surface area contributed by atoms with Crippen molar-refractivity contribution in [2.75, 3.05) is 21.3 Å². The van der Waals surface area contributed by atoms with Crippen molar-refractivity contribution in [2.45, 2.75) is 6.10 Å². The van der Waals surface area contributed by atoms with Gasteiger partial charge < -0.3 is 19.3 Å². The van der Waals surface area contributed by atoms with Crippen LogP contribution >= 0.6 is 15.9 Å². The van der Waals surface area contributed by atoms with Crippen molar-refractivity contribution in [1.29, 1.82) is 0 Å². The first-order chi connectivity index (χ1) is 8.10. The fraction of sp³-hybridized carbons (Fsp3) is 0.333. The van der Waals surface area contributed by atoms with Crippen LogP contribution in [0.4, 0.5) is 0 Å². The summed E-state index contributed by atoms with van der Waals surface area (Å²) in [5, 5.41) is 9.70. The third-order valence-electron chi connectivity index (χ3n) is 2.25. The Morgan fingerprint density at radius 2 is 1.82 bits per heavy atom. The highest BCUT2D eigenvalue weighted by atomic mass is 79.9. The smallest absolute Gasteiger partial charge is 0.204 e. The molecule has 5 heteroatoms. The minimum atomic E-state index is -1.04. The lowest BCUT2D eigenvalue weighted by molar-refractivity contribution is 0.235. The quantitative estimate of drug-likeness (QED) is 0.866. The van der Waals surface area contributed by atoms with Gasteiger partial charge in [-0.05, 0) is 22.0 Å². The molecule has 1 rings (SSSR count). The van der Waals surface area contributed by atoms with Crippen LogP contribution < -0.4 is 14.2 Å². The fourth-order valence-electron chi connectivity index (χ4n) is 1.43. The maximum absolute atomic E-state index is 9.70. The van der Waals surface area contributed by atoms with E-state index in [1.165, 1.54) is 21.3 Å². The Hall–Kier alpha value is -1.38. The van der Waals surface area contributed by atoms with Crippen LogP contribution in [0, 0.1) is 12.3 Å². The highest BCUT2D eigenvalue weighted by Crippen LogP contribution is 2.46. The van der Waals surface area contributed by atoms with Gasteiger partial charge in [0.1, 0.15) is 6.10 Å². The van der Waals surface area contributed by atoms with E-state index in [1.807, 2.05) is 0 Å². The summed E-state index contributed by atoms with van der Waals surface area (Å²) in [7, 11) is 4.50. The molecule has 4 nitrogen and oxygen atoms in total. The number of aliphatic hydroxyl groups excluding tert-OH is 1. The van der Waals surface area contributed by atoms with Crippen LogP contribution in [0.25, 0.3) is 0 Å². The molecule has 17 heavy (non-hydrogen) atoms. The molecule has 0 saturated heterocycles. The molecule has 1 aromatic rings. The van der Waals surface area contributed by atoms with E-state index in [2.05, 4.69) is 21.9 Å². The molecule has 0 aromatic heterocycles. The molecule has 0 bridgehead atoms. The molecular weight excluding hydrogens is 288 g/mol. The Morgan fingerprint density at radius 3 is 2.24 bits per heavy atom. The number of benzene rings is 1. The zero-order valence-electron chi connectivity index (χ0n) is 9.78. The third-order valence-corrected chi connectivity index (χ3v) is 3.07. The van der Waals surface area contributed by atoms with Crippen molar-refractivity contribution in [3.8, 4) is 29.6 Å². The Kier molecular flexibility index (Phi) is 4.67. The van der Waals surface area contributed by atoms with Gasteiger partial charge in [0.15, 0.2) is 11.5 Å². The summed E-state index contributed by atoms with van der Waals surface area (Å²) in [5.41, 5.74) is 0.488. The normalized spacial score (nSPS) is 11.5. The lowest BCUT2D eigenvalue weighted by Crippen LogP contribution is -2.02. The molecule has 0 aliphatic heterocycles. The maximum atomic E-state index is 9.70. The zero-order valence-corrected chi connectivity index (χ0v) is 11.4. The highest BCUT2D eigenvalue weighted by Gasteiger charge is 2.21. The summed E-state index contributed by atoms with van der Waals surface area (Å²) in [5.74, 6) is 3.54.